The second-order valence-corrected chi connectivity index (χ2v) is 6.61. The molecule has 2 N–H and O–H groups in total. The highest BCUT2D eigenvalue weighted by atomic mass is 19.1. The summed E-state index contributed by atoms with van der Waals surface area (Å²) < 4.78 is 12.9. The summed E-state index contributed by atoms with van der Waals surface area (Å²) in [5.41, 5.74) is 3.65. The molecule has 0 saturated carbocycles. The van der Waals surface area contributed by atoms with Gasteiger partial charge in [-0.25, -0.2) is 4.39 Å². The first kappa shape index (κ1) is 19.5. The topological polar surface area (TPSA) is 54.0 Å². The number of carbonyl (C=O) groups is 1. The number of hydrogen-bond donors (Lipinski definition) is 2. The van der Waals surface area contributed by atoms with Gasteiger partial charge in [-0.1, -0.05) is 42.5 Å². The van der Waals surface area contributed by atoms with E-state index in [2.05, 4.69) is 27.8 Å². The van der Waals surface area contributed by atoms with Gasteiger partial charge in [-0.3, -0.25) is 9.78 Å². The molecule has 1 amide bonds. The van der Waals surface area contributed by atoms with Crippen LogP contribution in [0.1, 0.15) is 27.9 Å². The second-order valence-electron chi connectivity index (χ2n) is 6.61. The highest BCUT2D eigenvalue weighted by Crippen LogP contribution is 2.10. The van der Waals surface area contributed by atoms with E-state index in [0.717, 1.165) is 30.6 Å². The fourth-order valence-electron chi connectivity index (χ4n) is 2.90. The minimum Gasteiger partial charge on any atom is -0.384 e. The van der Waals surface area contributed by atoms with E-state index in [4.69, 9.17) is 0 Å². The zero-order valence-corrected chi connectivity index (χ0v) is 15.7. The monoisotopic (exact) mass is 377 g/mol. The summed E-state index contributed by atoms with van der Waals surface area (Å²) >= 11 is 0. The average molecular weight is 377 g/mol. The van der Waals surface area contributed by atoms with E-state index in [1.165, 1.54) is 17.7 Å². The number of nitrogens with zero attached hydrogens (tertiary/aromatic N) is 1. The molecule has 1 heterocycles. The molecule has 0 atom stereocenters. The number of nitrogens with one attached hydrogen (secondary N) is 2. The summed E-state index contributed by atoms with van der Waals surface area (Å²) in [4.78, 5) is 16.5. The van der Waals surface area contributed by atoms with Crippen molar-refractivity contribution in [1.29, 1.82) is 0 Å². The molecule has 4 nitrogen and oxygen atoms in total. The number of aromatic nitrogens is 1. The molecule has 3 aromatic rings. The Morgan fingerprint density at radius 1 is 0.893 bits per heavy atom. The number of anilines is 1. The van der Waals surface area contributed by atoms with Gasteiger partial charge in [0, 0.05) is 25.5 Å². The summed E-state index contributed by atoms with van der Waals surface area (Å²) in [6, 6.07) is 18.5. The quantitative estimate of drug-likeness (QED) is 0.549. The van der Waals surface area contributed by atoms with Crippen molar-refractivity contribution in [2.24, 2.45) is 0 Å². The highest BCUT2D eigenvalue weighted by Gasteiger charge is 2.07. The molecule has 0 aliphatic carbocycles. The maximum atomic E-state index is 12.9. The molecule has 5 heteroatoms. The van der Waals surface area contributed by atoms with Gasteiger partial charge < -0.3 is 10.6 Å². The number of rotatable bonds is 9. The molecule has 0 spiro atoms. The predicted octanol–water partition coefficient (Wildman–Crippen LogP) is 4.24. The third-order valence-electron chi connectivity index (χ3n) is 4.43. The van der Waals surface area contributed by atoms with Crippen LogP contribution in [0.15, 0.2) is 73.1 Å². The van der Waals surface area contributed by atoms with Crippen molar-refractivity contribution < 1.29 is 9.18 Å². The van der Waals surface area contributed by atoms with Crippen molar-refractivity contribution in [1.82, 2.24) is 10.3 Å². The standard InChI is InChI=1S/C23H24FN3O/c24-21-10-8-19(9-11-21)12-14-27-23(28)20-15-22(17-25-16-20)26-13-4-7-18-5-2-1-3-6-18/h1-3,5-6,8-11,15-17,26H,4,7,12-14H2,(H,27,28). The number of aryl methyl sites for hydroxylation is 1. The maximum absolute atomic E-state index is 12.9. The normalized spacial score (nSPS) is 10.5. The fraction of sp³-hybridized carbons (Fsp3) is 0.217. The highest BCUT2D eigenvalue weighted by molar-refractivity contribution is 5.94. The lowest BCUT2D eigenvalue weighted by Crippen LogP contribution is -2.25. The van der Waals surface area contributed by atoms with Crippen LogP contribution < -0.4 is 10.6 Å². The van der Waals surface area contributed by atoms with Crippen LogP contribution in [0.25, 0.3) is 0 Å². The van der Waals surface area contributed by atoms with E-state index < -0.39 is 0 Å². The Hall–Kier alpha value is -3.21. The van der Waals surface area contributed by atoms with E-state index in [-0.39, 0.29) is 11.7 Å². The minimum absolute atomic E-state index is 0.164. The van der Waals surface area contributed by atoms with Crippen molar-refractivity contribution in [3.63, 3.8) is 0 Å². The molecule has 0 aliphatic heterocycles. The molecule has 144 valence electrons. The minimum atomic E-state index is -0.257. The van der Waals surface area contributed by atoms with E-state index in [0.29, 0.717) is 18.5 Å². The number of amides is 1. The zero-order chi connectivity index (χ0) is 19.6. The van der Waals surface area contributed by atoms with Crippen molar-refractivity contribution in [3.05, 3.63) is 95.6 Å². The molecule has 3 rings (SSSR count). The molecule has 0 radical (unpaired) electrons. The smallest absolute Gasteiger partial charge is 0.252 e. The van der Waals surface area contributed by atoms with E-state index in [1.807, 2.05) is 24.3 Å². The van der Waals surface area contributed by atoms with Crippen LogP contribution in [0.2, 0.25) is 0 Å². The van der Waals surface area contributed by atoms with Crippen LogP contribution in [-0.2, 0) is 12.8 Å². The molecule has 0 unspecified atom stereocenters. The first-order valence-electron chi connectivity index (χ1n) is 9.46. The predicted molar refractivity (Wildman–Crippen MR) is 110 cm³/mol. The summed E-state index contributed by atoms with van der Waals surface area (Å²) in [6.45, 7) is 1.30. The number of carbonyl (C=O) groups excluding carboxylic acids is 1. The molecule has 0 saturated heterocycles. The van der Waals surface area contributed by atoms with Crippen LogP contribution in [-0.4, -0.2) is 24.0 Å². The van der Waals surface area contributed by atoms with Crippen molar-refractivity contribution in [3.8, 4) is 0 Å². The van der Waals surface area contributed by atoms with Crippen molar-refractivity contribution >= 4 is 11.6 Å². The Labute approximate surface area is 164 Å². The molecule has 1 aromatic heterocycles. The van der Waals surface area contributed by atoms with E-state index in [1.54, 1.807) is 24.5 Å². The Kier molecular flexibility index (Phi) is 7.13. The summed E-state index contributed by atoms with van der Waals surface area (Å²) in [5.74, 6) is -0.422. The molecular formula is C23H24FN3O. The van der Waals surface area contributed by atoms with Gasteiger partial charge in [0.1, 0.15) is 5.82 Å². The average Bonchev–Trinajstić information content (AvgIpc) is 2.73. The van der Waals surface area contributed by atoms with Crippen LogP contribution in [0.3, 0.4) is 0 Å². The van der Waals surface area contributed by atoms with Crippen molar-refractivity contribution in [2.75, 3.05) is 18.4 Å². The van der Waals surface area contributed by atoms with Gasteiger partial charge in [-0.05, 0) is 48.6 Å². The van der Waals surface area contributed by atoms with Gasteiger partial charge in [0.2, 0.25) is 0 Å². The fourth-order valence-corrected chi connectivity index (χ4v) is 2.90. The Morgan fingerprint density at radius 2 is 1.64 bits per heavy atom. The summed E-state index contributed by atoms with van der Waals surface area (Å²) in [6.07, 6.45) is 5.93. The van der Waals surface area contributed by atoms with Gasteiger partial charge in [-0.2, -0.15) is 0 Å². The molecular weight excluding hydrogens is 353 g/mol. The largest absolute Gasteiger partial charge is 0.384 e. The van der Waals surface area contributed by atoms with Gasteiger partial charge >= 0.3 is 0 Å². The van der Waals surface area contributed by atoms with Gasteiger partial charge in [-0.15, -0.1) is 0 Å². The van der Waals surface area contributed by atoms with Crippen LogP contribution in [0.5, 0.6) is 0 Å². The first-order valence-corrected chi connectivity index (χ1v) is 9.46. The maximum Gasteiger partial charge on any atom is 0.252 e. The lowest BCUT2D eigenvalue weighted by Gasteiger charge is -2.09. The number of hydrogen-bond acceptors (Lipinski definition) is 3. The summed E-state index contributed by atoms with van der Waals surface area (Å²) in [5, 5.41) is 6.20. The Balaban J connectivity index is 1.42. The molecule has 0 aliphatic rings. The number of pyridine rings is 1. The lowest BCUT2D eigenvalue weighted by atomic mass is 10.1. The van der Waals surface area contributed by atoms with E-state index >= 15 is 0 Å². The second kappa shape index (κ2) is 10.2. The third-order valence-corrected chi connectivity index (χ3v) is 4.43. The Bertz CT molecular complexity index is 882. The van der Waals surface area contributed by atoms with Gasteiger partial charge in [0.25, 0.3) is 5.91 Å². The van der Waals surface area contributed by atoms with Gasteiger partial charge in [0.05, 0.1) is 11.3 Å². The van der Waals surface area contributed by atoms with Crippen LogP contribution in [0.4, 0.5) is 10.1 Å². The number of benzene rings is 2. The van der Waals surface area contributed by atoms with E-state index in [9.17, 15) is 9.18 Å². The third kappa shape index (κ3) is 6.20. The van der Waals surface area contributed by atoms with Crippen molar-refractivity contribution in [2.45, 2.75) is 19.3 Å². The lowest BCUT2D eigenvalue weighted by molar-refractivity contribution is 0.0954. The molecule has 0 bridgehead atoms. The number of halogens is 1. The molecule has 0 fully saturated rings. The molecule has 28 heavy (non-hydrogen) atoms. The SMILES string of the molecule is O=C(NCCc1ccc(F)cc1)c1cncc(NCCCc2ccccc2)c1. The molecule has 2 aromatic carbocycles. The van der Waals surface area contributed by atoms with Crippen LogP contribution in [0, 0.1) is 5.82 Å². The van der Waals surface area contributed by atoms with Crippen LogP contribution >= 0.6 is 0 Å². The Morgan fingerprint density at radius 3 is 2.43 bits per heavy atom. The zero-order valence-electron chi connectivity index (χ0n) is 15.7. The van der Waals surface area contributed by atoms with Gasteiger partial charge in [0.15, 0.2) is 0 Å². The first-order chi connectivity index (χ1) is 13.7. The summed E-state index contributed by atoms with van der Waals surface area (Å²) in [7, 11) is 0.